The van der Waals surface area contributed by atoms with Crippen LogP contribution in [0.1, 0.15) is 11.1 Å². The van der Waals surface area contributed by atoms with Crippen LogP contribution in [0, 0.1) is 5.82 Å². The second kappa shape index (κ2) is 9.80. The van der Waals surface area contributed by atoms with Crippen LogP contribution in [0.3, 0.4) is 0 Å². The average Bonchev–Trinajstić information content (AvgIpc) is 3.13. The smallest absolute Gasteiger partial charge is 0.183 e. The topological polar surface area (TPSA) is 38.0 Å². The molecule has 2 aromatic carbocycles. The Morgan fingerprint density at radius 1 is 1.03 bits per heavy atom. The summed E-state index contributed by atoms with van der Waals surface area (Å²) in [6.45, 7) is 1.55. The fraction of sp³-hybridized carbons (Fsp3) is 0.182. The monoisotopic (exact) mass is 473 g/mol. The lowest BCUT2D eigenvalue weighted by molar-refractivity contribution is -0.688. The van der Waals surface area contributed by atoms with Crippen molar-refractivity contribution >= 4 is 26.7 Å². The molecule has 29 heavy (non-hydrogen) atoms. The number of hydrogen-bond donors (Lipinski definition) is 1. The van der Waals surface area contributed by atoms with Crippen LogP contribution < -0.4 is 31.6 Å². The number of aromatic nitrogens is 2. The van der Waals surface area contributed by atoms with Crippen molar-refractivity contribution in [2.45, 2.75) is 13.0 Å². The van der Waals surface area contributed by atoms with Gasteiger partial charge in [0.25, 0.3) is 0 Å². The zero-order valence-electron chi connectivity index (χ0n) is 15.9. The molecular formula is C22H21BrFN3OS. The molecular weight excluding hydrogens is 453 g/mol. The number of pyridine rings is 1. The third-order valence-electron chi connectivity index (χ3n) is 4.52. The van der Waals surface area contributed by atoms with Gasteiger partial charge in [0.2, 0.25) is 0 Å². The summed E-state index contributed by atoms with van der Waals surface area (Å²) >= 11 is 1.63. The van der Waals surface area contributed by atoms with Gasteiger partial charge in [-0.05, 0) is 54.4 Å². The van der Waals surface area contributed by atoms with Gasteiger partial charge in [0.15, 0.2) is 24.1 Å². The van der Waals surface area contributed by atoms with Crippen molar-refractivity contribution in [2.24, 2.45) is 0 Å². The maximum absolute atomic E-state index is 13.0. The summed E-state index contributed by atoms with van der Waals surface area (Å²) in [5.74, 6) is 0.643. The van der Waals surface area contributed by atoms with Crippen molar-refractivity contribution in [1.82, 2.24) is 4.98 Å². The molecule has 0 fully saturated rings. The summed E-state index contributed by atoms with van der Waals surface area (Å²) in [5, 5.41) is 4.33. The lowest BCUT2D eigenvalue weighted by atomic mass is 10.2. The van der Waals surface area contributed by atoms with Crippen LogP contribution in [0.15, 0.2) is 67.0 Å². The van der Waals surface area contributed by atoms with E-state index in [1.165, 1.54) is 17.7 Å². The molecule has 2 aromatic heterocycles. The van der Waals surface area contributed by atoms with Crippen molar-refractivity contribution in [1.29, 1.82) is 0 Å². The molecule has 1 N–H and O–H groups in total. The van der Waals surface area contributed by atoms with Gasteiger partial charge in [-0.15, -0.1) is 0 Å². The van der Waals surface area contributed by atoms with Crippen molar-refractivity contribution in [2.75, 3.05) is 19.0 Å². The van der Waals surface area contributed by atoms with E-state index in [1.54, 1.807) is 18.4 Å². The summed E-state index contributed by atoms with van der Waals surface area (Å²) in [7, 11) is 1.67. The van der Waals surface area contributed by atoms with Gasteiger partial charge in [-0.25, -0.2) is 13.9 Å². The lowest BCUT2D eigenvalue weighted by Gasteiger charge is -2.03. The molecule has 0 aliphatic carbocycles. The minimum Gasteiger partial charge on any atom is -1.00 e. The third-order valence-corrected chi connectivity index (χ3v) is 5.50. The standard InChI is InChI=1S/C22H21FN3OS.BrH/c1-27-19-6-7-20-21(14-19)28-22(25-20)24-11-8-16-9-12-26(13-10-16)15-17-2-4-18(23)5-3-17;/h2-7,9-10,12-14H,8,11,15H2,1H3,(H,24,25);1H/q+1;/p-1. The number of benzene rings is 2. The first-order valence-corrected chi connectivity index (χ1v) is 9.92. The number of hydrogen-bond acceptors (Lipinski definition) is 4. The molecule has 150 valence electrons. The molecule has 0 saturated heterocycles. The van der Waals surface area contributed by atoms with E-state index in [-0.39, 0.29) is 22.8 Å². The number of rotatable bonds is 7. The van der Waals surface area contributed by atoms with Gasteiger partial charge in [0.1, 0.15) is 11.6 Å². The Morgan fingerprint density at radius 3 is 2.52 bits per heavy atom. The predicted octanol–water partition coefficient (Wildman–Crippen LogP) is 1.44. The zero-order chi connectivity index (χ0) is 19.3. The number of nitrogens with zero attached hydrogens (tertiary/aromatic N) is 2. The van der Waals surface area contributed by atoms with E-state index >= 15 is 0 Å². The van der Waals surface area contributed by atoms with E-state index in [2.05, 4.69) is 39.4 Å². The molecule has 4 aromatic rings. The molecule has 0 aliphatic rings. The Kier molecular flexibility index (Phi) is 7.17. The third kappa shape index (κ3) is 5.52. The zero-order valence-corrected chi connectivity index (χ0v) is 18.3. The molecule has 0 bridgehead atoms. The highest BCUT2D eigenvalue weighted by molar-refractivity contribution is 7.22. The quantitative estimate of drug-likeness (QED) is 0.412. The molecule has 0 spiro atoms. The molecule has 0 aliphatic heterocycles. The lowest BCUT2D eigenvalue weighted by Crippen LogP contribution is -3.00. The number of ether oxygens (including phenoxy) is 1. The second-order valence-corrected chi connectivity index (χ2v) is 7.57. The Hall–Kier alpha value is -2.51. The minimum atomic E-state index is -0.205. The number of methoxy groups -OCH3 is 1. The molecule has 0 unspecified atom stereocenters. The normalized spacial score (nSPS) is 10.6. The van der Waals surface area contributed by atoms with Gasteiger partial charge in [0.05, 0.1) is 17.3 Å². The molecule has 0 amide bonds. The van der Waals surface area contributed by atoms with Gasteiger partial charge >= 0.3 is 0 Å². The summed E-state index contributed by atoms with van der Waals surface area (Å²) in [4.78, 5) is 4.61. The number of thiazole rings is 1. The van der Waals surface area contributed by atoms with E-state index in [1.807, 2.05) is 30.3 Å². The Labute approximate surface area is 183 Å². The van der Waals surface area contributed by atoms with Crippen molar-refractivity contribution in [3.63, 3.8) is 0 Å². The van der Waals surface area contributed by atoms with Gasteiger partial charge in [-0.1, -0.05) is 11.3 Å². The molecule has 2 heterocycles. The number of halogens is 2. The van der Waals surface area contributed by atoms with Crippen LogP contribution in [0.5, 0.6) is 5.75 Å². The average molecular weight is 474 g/mol. The fourth-order valence-electron chi connectivity index (χ4n) is 2.98. The van der Waals surface area contributed by atoms with E-state index in [9.17, 15) is 4.39 Å². The summed E-state index contributed by atoms with van der Waals surface area (Å²) in [5.41, 5.74) is 3.31. The van der Waals surface area contributed by atoms with E-state index in [0.29, 0.717) is 0 Å². The Morgan fingerprint density at radius 2 is 1.79 bits per heavy atom. The number of anilines is 1. The van der Waals surface area contributed by atoms with Crippen molar-refractivity contribution in [3.8, 4) is 5.75 Å². The molecule has 7 heteroatoms. The molecule has 0 saturated carbocycles. The van der Waals surface area contributed by atoms with Crippen LogP contribution in [0.2, 0.25) is 0 Å². The summed E-state index contributed by atoms with van der Waals surface area (Å²) in [6.07, 6.45) is 5.03. The summed E-state index contributed by atoms with van der Waals surface area (Å²) in [6, 6.07) is 16.8. The molecule has 0 radical (unpaired) electrons. The largest absolute Gasteiger partial charge is 1.00 e. The second-order valence-electron chi connectivity index (χ2n) is 6.53. The van der Waals surface area contributed by atoms with Crippen molar-refractivity contribution < 1.29 is 30.7 Å². The van der Waals surface area contributed by atoms with Crippen LogP contribution in [0.4, 0.5) is 9.52 Å². The molecule has 0 atom stereocenters. The minimum absolute atomic E-state index is 0. The maximum Gasteiger partial charge on any atom is 0.183 e. The van der Waals surface area contributed by atoms with Crippen LogP contribution in [-0.4, -0.2) is 18.6 Å². The number of fused-ring (bicyclic) bond motifs is 1. The first-order chi connectivity index (χ1) is 13.7. The van der Waals surface area contributed by atoms with Crippen LogP contribution in [-0.2, 0) is 13.0 Å². The van der Waals surface area contributed by atoms with Gasteiger partial charge in [-0.3, -0.25) is 0 Å². The van der Waals surface area contributed by atoms with E-state index in [0.717, 1.165) is 46.2 Å². The Bertz CT molecular complexity index is 1070. The molecule has 4 nitrogen and oxygen atoms in total. The van der Waals surface area contributed by atoms with Gasteiger partial charge in [0, 0.05) is 24.2 Å². The van der Waals surface area contributed by atoms with Crippen LogP contribution in [0.25, 0.3) is 10.2 Å². The first kappa shape index (κ1) is 21.2. The number of nitrogens with one attached hydrogen (secondary N) is 1. The Balaban J connectivity index is 0.00000240. The fourth-order valence-corrected chi connectivity index (χ4v) is 3.90. The van der Waals surface area contributed by atoms with E-state index < -0.39 is 0 Å². The van der Waals surface area contributed by atoms with Crippen molar-refractivity contribution in [3.05, 3.63) is 83.9 Å². The van der Waals surface area contributed by atoms with E-state index in [4.69, 9.17) is 4.74 Å². The highest BCUT2D eigenvalue weighted by Gasteiger charge is 2.06. The van der Waals surface area contributed by atoms with Gasteiger partial charge in [-0.2, -0.15) is 0 Å². The maximum atomic E-state index is 13.0. The predicted molar refractivity (Wildman–Crippen MR) is 111 cm³/mol. The first-order valence-electron chi connectivity index (χ1n) is 9.10. The highest BCUT2D eigenvalue weighted by Crippen LogP contribution is 2.29. The van der Waals surface area contributed by atoms with Crippen LogP contribution >= 0.6 is 11.3 Å². The van der Waals surface area contributed by atoms with Gasteiger partial charge < -0.3 is 27.0 Å². The SMILES string of the molecule is COc1ccc2nc(NCCc3cc[n+](Cc4ccc(F)cc4)cc3)sc2c1.[Br-]. The molecule has 4 rings (SSSR count). The highest BCUT2D eigenvalue weighted by atomic mass is 79.9. The summed E-state index contributed by atoms with van der Waals surface area (Å²) < 4.78 is 21.5.